The molecule has 3 atom stereocenters. The van der Waals surface area contributed by atoms with E-state index < -0.39 is 5.97 Å². The van der Waals surface area contributed by atoms with Crippen molar-refractivity contribution in [3.05, 3.63) is 0 Å². The van der Waals surface area contributed by atoms with Crippen LogP contribution in [0.2, 0.25) is 0 Å². The Morgan fingerprint density at radius 2 is 2.19 bits per heavy atom. The normalized spacial score (nSPS) is 31.7. The minimum Gasteiger partial charge on any atom is -0.481 e. The number of carboxylic acid groups (broad SMARTS) is 1. The van der Waals surface area contributed by atoms with Crippen molar-refractivity contribution in [2.45, 2.75) is 37.8 Å². The van der Waals surface area contributed by atoms with E-state index in [2.05, 4.69) is 5.32 Å². The molecule has 0 saturated carbocycles. The first-order chi connectivity index (χ1) is 7.58. The topological polar surface area (TPSA) is 69.6 Å². The Labute approximate surface area is 94.8 Å². The molecule has 2 saturated heterocycles. The highest BCUT2D eigenvalue weighted by atomic mass is 16.4. The van der Waals surface area contributed by atoms with Crippen molar-refractivity contribution in [2.75, 3.05) is 13.6 Å². The number of hydrogen-bond acceptors (Lipinski definition) is 3. The van der Waals surface area contributed by atoms with Gasteiger partial charge in [-0.25, -0.2) is 0 Å². The van der Waals surface area contributed by atoms with Crippen LogP contribution >= 0.6 is 0 Å². The molecule has 5 nitrogen and oxygen atoms in total. The van der Waals surface area contributed by atoms with Crippen LogP contribution in [0.4, 0.5) is 0 Å². The predicted molar refractivity (Wildman–Crippen MR) is 57.9 cm³/mol. The standard InChI is InChI=1S/C11H18N2O3/c1-13(5-4-10(14)15)11(16)8-6-7-2-3-9(8)12-7/h7-9,12H,2-6H2,1H3,(H,14,15). The largest absolute Gasteiger partial charge is 0.481 e. The van der Waals surface area contributed by atoms with Crippen molar-refractivity contribution >= 4 is 11.9 Å². The maximum absolute atomic E-state index is 12.0. The van der Waals surface area contributed by atoms with E-state index in [1.165, 1.54) is 6.42 Å². The molecule has 0 aromatic heterocycles. The second-order valence-electron chi connectivity index (χ2n) is 4.79. The van der Waals surface area contributed by atoms with Crippen molar-refractivity contribution in [2.24, 2.45) is 5.92 Å². The van der Waals surface area contributed by atoms with Crippen molar-refractivity contribution in [1.82, 2.24) is 10.2 Å². The Morgan fingerprint density at radius 1 is 1.44 bits per heavy atom. The summed E-state index contributed by atoms with van der Waals surface area (Å²) in [4.78, 5) is 24.0. The number of amides is 1. The summed E-state index contributed by atoms with van der Waals surface area (Å²) in [6.45, 7) is 0.308. The number of carbonyl (C=O) groups excluding carboxylic acids is 1. The quantitative estimate of drug-likeness (QED) is 0.711. The molecular weight excluding hydrogens is 208 g/mol. The summed E-state index contributed by atoms with van der Waals surface area (Å²) in [6.07, 6.45) is 3.19. The first-order valence-electron chi connectivity index (χ1n) is 5.80. The van der Waals surface area contributed by atoms with Crippen LogP contribution in [0, 0.1) is 5.92 Å². The SMILES string of the molecule is CN(CCC(=O)O)C(=O)C1CC2CCC1N2. The molecule has 2 fully saturated rings. The highest BCUT2D eigenvalue weighted by Crippen LogP contribution is 2.34. The molecule has 2 aliphatic rings. The molecule has 1 amide bonds. The maximum atomic E-state index is 12.0. The molecule has 2 rings (SSSR count). The molecule has 0 aromatic carbocycles. The van der Waals surface area contributed by atoms with E-state index in [0.717, 1.165) is 12.8 Å². The number of aliphatic carboxylic acids is 1. The molecule has 2 heterocycles. The second-order valence-corrected chi connectivity index (χ2v) is 4.79. The van der Waals surface area contributed by atoms with E-state index in [0.29, 0.717) is 18.6 Å². The molecule has 0 aliphatic carbocycles. The van der Waals surface area contributed by atoms with Crippen molar-refractivity contribution < 1.29 is 14.7 Å². The van der Waals surface area contributed by atoms with E-state index in [1.54, 1.807) is 11.9 Å². The number of rotatable bonds is 4. The van der Waals surface area contributed by atoms with E-state index in [-0.39, 0.29) is 18.2 Å². The molecule has 0 radical (unpaired) electrons. The fourth-order valence-electron chi connectivity index (χ4n) is 2.75. The van der Waals surface area contributed by atoms with Gasteiger partial charge in [0.1, 0.15) is 0 Å². The van der Waals surface area contributed by atoms with Crippen LogP contribution in [0.3, 0.4) is 0 Å². The van der Waals surface area contributed by atoms with Gasteiger partial charge in [-0.2, -0.15) is 0 Å². The van der Waals surface area contributed by atoms with Crippen LogP contribution in [0.15, 0.2) is 0 Å². The summed E-state index contributed by atoms with van der Waals surface area (Å²) in [5, 5.41) is 12.0. The number of fused-ring (bicyclic) bond motifs is 2. The average Bonchev–Trinajstić information content (AvgIpc) is 2.86. The summed E-state index contributed by atoms with van der Waals surface area (Å²) in [7, 11) is 1.69. The van der Waals surface area contributed by atoms with E-state index in [9.17, 15) is 9.59 Å². The van der Waals surface area contributed by atoms with Crippen molar-refractivity contribution in [3.8, 4) is 0 Å². The van der Waals surface area contributed by atoms with Crippen LogP contribution in [-0.4, -0.2) is 47.6 Å². The van der Waals surface area contributed by atoms with Gasteiger partial charge in [0.05, 0.1) is 12.3 Å². The zero-order valence-corrected chi connectivity index (χ0v) is 9.48. The lowest BCUT2D eigenvalue weighted by molar-refractivity contribution is -0.139. The Balaban J connectivity index is 1.85. The van der Waals surface area contributed by atoms with E-state index in [4.69, 9.17) is 5.11 Å². The third kappa shape index (κ3) is 2.19. The molecule has 0 aromatic rings. The number of carboxylic acids is 1. The molecule has 5 heteroatoms. The first-order valence-corrected chi connectivity index (χ1v) is 5.80. The number of nitrogens with one attached hydrogen (secondary N) is 1. The van der Waals surface area contributed by atoms with Crippen LogP contribution in [0.5, 0.6) is 0 Å². The zero-order valence-electron chi connectivity index (χ0n) is 9.48. The molecule has 2 bridgehead atoms. The molecular formula is C11H18N2O3. The molecule has 2 N–H and O–H groups in total. The number of carbonyl (C=O) groups is 2. The van der Waals surface area contributed by atoms with Crippen LogP contribution in [0.1, 0.15) is 25.7 Å². The third-order valence-electron chi connectivity index (χ3n) is 3.65. The van der Waals surface area contributed by atoms with Gasteiger partial charge in [0.25, 0.3) is 0 Å². The summed E-state index contributed by atoms with van der Waals surface area (Å²) in [6, 6.07) is 0.830. The summed E-state index contributed by atoms with van der Waals surface area (Å²) < 4.78 is 0. The van der Waals surface area contributed by atoms with Gasteiger partial charge < -0.3 is 15.3 Å². The summed E-state index contributed by atoms with van der Waals surface area (Å²) >= 11 is 0. The van der Waals surface area contributed by atoms with E-state index >= 15 is 0 Å². The average molecular weight is 226 g/mol. The third-order valence-corrected chi connectivity index (χ3v) is 3.65. The van der Waals surface area contributed by atoms with Crippen LogP contribution in [0.25, 0.3) is 0 Å². The molecule has 3 unspecified atom stereocenters. The first kappa shape index (κ1) is 11.4. The monoisotopic (exact) mass is 226 g/mol. The number of hydrogen-bond donors (Lipinski definition) is 2. The molecule has 90 valence electrons. The number of nitrogens with zero attached hydrogens (tertiary/aromatic N) is 1. The summed E-state index contributed by atoms with van der Waals surface area (Å²) in [5.74, 6) is -0.691. The molecule has 2 aliphatic heterocycles. The van der Waals surface area contributed by atoms with Gasteiger partial charge in [-0.3, -0.25) is 9.59 Å². The highest BCUT2D eigenvalue weighted by molar-refractivity contribution is 5.80. The van der Waals surface area contributed by atoms with Crippen molar-refractivity contribution in [1.29, 1.82) is 0 Å². The fraction of sp³-hybridized carbons (Fsp3) is 0.818. The van der Waals surface area contributed by atoms with E-state index in [1.807, 2.05) is 0 Å². The lowest BCUT2D eigenvalue weighted by atomic mass is 9.88. The minimum atomic E-state index is -0.856. The van der Waals surface area contributed by atoms with Gasteiger partial charge in [0, 0.05) is 25.7 Å². The lowest BCUT2D eigenvalue weighted by Crippen LogP contribution is -2.39. The second kappa shape index (κ2) is 4.41. The fourth-order valence-corrected chi connectivity index (χ4v) is 2.75. The van der Waals surface area contributed by atoms with Gasteiger partial charge in [-0.05, 0) is 19.3 Å². The van der Waals surface area contributed by atoms with Gasteiger partial charge in [-0.15, -0.1) is 0 Å². The highest BCUT2D eigenvalue weighted by Gasteiger charge is 2.43. The van der Waals surface area contributed by atoms with Crippen LogP contribution in [-0.2, 0) is 9.59 Å². The Morgan fingerprint density at radius 3 is 2.69 bits per heavy atom. The molecule has 0 spiro atoms. The van der Waals surface area contributed by atoms with Crippen molar-refractivity contribution in [3.63, 3.8) is 0 Å². The van der Waals surface area contributed by atoms with Crippen LogP contribution < -0.4 is 5.32 Å². The lowest BCUT2D eigenvalue weighted by Gasteiger charge is -2.25. The minimum absolute atomic E-state index is 0.0243. The Hall–Kier alpha value is -1.10. The van der Waals surface area contributed by atoms with Gasteiger partial charge >= 0.3 is 5.97 Å². The Kier molecular flexibility index (Phi) is 3.14. The van der Waals surface area contributed by atoms with Gasteiger partial charge in [0.2, 0.25) is 5.91 Å². The smallest absolute Gasteiger partial charge is 0.305 e. The van der Waals surface area contributed by atoms with Gasteiger partial charge in [0.15, 0.2) is 0 Å². The Bertz CT molecular complexity index is 306. The molecule has 16 heavy (non-hydrogen) atoms. The summed E-state index contributed by atoms with van der Waals surface area (Å²) in [5.41, 5.74) is 0. The van der Waals surface area contributed by atoms with Gasteiger partial charge in [-0.1, -0.05) is 0 Å². The maximum Gasteiger partial charge on any atom is 0.305 e. The zero-order chi connectivity index (χ0) is 11.7. The predicted octanol–water partition coefficient (Wildman–Crippen LogP) is 0.0600.